The summed E-state index contributed by atoms with van der Waals surface area (Å²) in [6, 6.07) is 6.74. The van der Waals surface area contributed by atoms with E-state index in [-0.39, 0.29) is 30.1 Å². The van der Waals surface area contributed by atoms with E-state index in [0.29, 0.717) is 17.3 Å². The summed E-state index contributed by atoms with van der Waals surface area (Å²) in [5.74, 6) is -0.373. The lowest BCUT2D eigenvalue weighted by Crippen LogP contribution is -2.55. The molecule has 1 amide bonds. The quantitative estimate of drug-likeness (QED) is 0.681. The molecule has 1 fully saturated rings. The third-order valence-corrected chi connectivity index (χ3v) is 4.18. The number of piperidine rings is 1. The minimum absolute atomic E-state index is 0.0287. The van der Waals surface area contributed by atoms with Crippen LogP contribution in [0.1, 0.15) is 23.8 Å². The number of aliphatic hydroxyl groups excluding tert-OH is 1. The number of aromatic nitrogens is 2. The van der Waals surface area contributed by atoms with Crippen molar-refractivity contribution in [2.24, 2.45) is 0 Å². The molecule has 1 saturated heterocycles. The van der Waals surface area contributed by atoms with Crippen molar-refractivity contribution < 1.29 is 15.0 Å². The van der Waals surface area contributed by atoms with Gasteiger partial charge >= 0.3 is 0 Å². The lowest BCUT2D eigenvalue weighted by atomic mass is 9.90. The van der Waals surface area contributed by atoms with Gasteiger partial charge in [-0.1, -0.05) is 18.2 Å². The Morgan fingerprint density at radius 3 is 2.77 bits per heavy atom. The molecule has 22 heavy (non-hydrogen) atoms. The van der Waals surface area contributed by atoms with Gasteiger partial charge in [0.15, 0.2) is 5.69 Å². The molecule has 2 atom stereocenters. The molecule has 3 N–H and O–H groups in total. The SMILES string of the molecule is C[C@]1(O)CCN(C(=O)c2n[nH]c(=O)c3ccccc23)C[C@@H]1O. The number of nitrogens with zero attached hydrogens (tertiary/aromatic N) is 2. The molecule has 0 spiro atoms. The first kappa shape index (κ1) is 14.7. The molecular weight excluding hydrogens is 286 g/mol. The van der Waals surface area contributed by atoms with Gasteiger partial charge in [-0.15, -0.1) is 0 Å². The van der Waals surface area contributed by atoms with Crippen LogP contribution in [0.15, 0.2) is 29.1 Å². The fourth-order valence-corrected chi connectivity index (χ4v) is 2.64. The molecule has 0 bridgehead atoms. The summed E-state index contributed by atoms with van der Waals surface area (Å²) in [5.41, 5.74) is -1.41. The highest BCUT2D eigenvalue weighted by molar-refractivity contribution is 6.04. The van der Waals surface area contributed by atoms with E-state index in [1.165, 1.54) is 4.90 Å². The van der Waals surface area contributed by atoms with Gasteiger partial charge in [0.1, 0.15) is 0 Å². The van der Waals surface area contributed by atoms with Crippen molar-refractivity contribution in [3.63, 3.8) is 0 Å². The Balaban J connectivity index is 1.97. The third-order valence-electron chi connectivity index (χ3n) is 4.18. The van der Waals surface area contributed by atoms with Gasteiger partial charge in [0.05, 0.1) is 17.1 Å². The number of carbonyl (C=O) groups excluding carboxylic acids is 1. The zero-order valence-corrected chi connectivity index (χ0v) is 12.1. The first-order valence-corrected chi connectivity index (χ1v) is 7.07. The third kappa shape index (κ3) is 2.38. The van der Waals surface area contributed by atoms with Gasteiger partial charge in [0, 0.05) is 18.5 Å². The maximum atomic E-state index is 12.6. The first-order valence-electron chi connectivity index (χ1n) is 7.07. The van der Waals surface area contributed by atoms with Crippen molar-refractivity contribution in [2.75, 3.05) is 13.1 Å². The van der Waals surface area contributed by atoms with E-state index >= 15 is 0 Å². The summed E-state index contributed by atoms with van der Waals surface area (Å²) in [7, 11) is 0. The molecule has 0 aliphatic carbocycles. The van der Waals surface area contributed by atoms with Crippen molar-refractivity contribution in [3.8, 4) is 0 Å². The van der Waals surface area contributed by atoms with Gasteiger partial charge in [-0.2, -0.15) is 5.10 Å². The number of β-amino-alcohol motifs (C(OH)–C–C–N with tert-alkyl or cyclic N) is 1. The van der Waals surface area contributed by atoms with E-state index in [1.54, 1.807) is 31.2 Å². The van der Waals surface area contributed by atoms with Crippen molar-refractivity contribution in [1.82, 2.24) is 15.1 Å². The van der Waals surface area contributed by atoms with Gasteiger partial charge in [-0.3, -0.25) is 9.59 Å². The van der Waals surface area contributed by atoms with E-state index in [4.69, 9.17) is 0 Å². The number of aliphatic hydroxyl groups is 2. The molecule has 7 heteroatoms. The Morgan fingerprint density at radius 1 is 1.41 bits per heavy atom. The fraction of sp³-hybridized carbons (Fsp3) is 0.400. The summed E-state index contributed by atoms with van der Waals surface area (Å²) < 4.78 is 0. The number of hydrogen-bond acceptors (Lipinski definition) is 5. The predicted octanol–water partition coefficient (Wildman–Crippen LogP) is -0.119. The topological polar surface area (TPSA) is 107 Å². The van der Waals surface area contributed by atoms with Crippen LogP contribution < -0.4 is 5.56 Å². The minimum atomic E-state index is -1.20. The number of carbonyl (C=O) groups is 1. The molecule has 1 aliphatic heterocycles. The lowest BCUT2D eigenvalue weighted by Gasteiger charge is -2.39. The van der Waals surface area contributed by atoms with E-state index in [9.17, 15) is 19.8 Å². The van der Waals surface area contributed by atoms with E-state index < -0.39 is 11.7 Å². The normalized spacial score (nSPS) is 25.4. The van der Waals surface area contributed by atoms with Crippen LogP contribution in [-0.2, 0) is 0 Å². The molecule has 1 aromatic heterocycles. The van der Waals surface area contributed by atoms with Crippen molar-refractivity contribution in [2.45, 2.75) is 25.0 Å². The van der Waals surface area contributed by atoms with E-state index in [0.717, 1.165) is 0 Å². The number of fused-ring (bicyclic) bond motifs is 1. The lowest BCUT2D eigenvalue weighted by molar-refractivity contribution is -0.0999. The van der Waals surface area contributed by atoms with E-state index in [1.807, 2.05) is 0 Å². The monoisotopic (exact) mass is 303 g/mol. The highest BCUT2D eigenvalue weighted by atomic mass is 16.3. The van der Waals surface area contributed by atoms with Gasteiger partial charge in [-0.25, -0.2) is 5.10 Å². The van der Waals surface area contributed by atoms with Crippen LogP contribution in [0.3, 0.4) is 0 Å². The molecule has 116 valence electrons. The molecule has 7 nitrogen and oxygen atoms in total. The molecule has 0 radical (unpaired) electrons. The Kier molecular flexibility index (Phi) is 3.46. The number of rotatable bonds is 1. The Hall–Kier alpha value is -2.25. The largest absolute Gasteiger partial charge is 0.388 e. The second kappa shape index (κ2) is 5.19. The summed E-state index contributed by atoms with van der Waals surface area (Å²) >= 11 is 0. The average molecular weight is 303 g/mol. The maximum absolute atomic E-state index is 12.6. The summed E-state index contributed by atoms with van der Waals surface area (Å²) in [5, 5.41) is 27.0. The molecule has 3 rings (SSSR count). The van der Waals surface area contributed by atoms with Crippen LogP contribution in [0.5, 0.6) is 0 Å². The Morgan fingerprint density at radius 2 is 2.09 bits per heavy atom. The number of nitrogens with one attached hydrogen (secondary N) is 1. The van der Waals surface area contributed by atoms with Gasteiger partial charge < -0.3 is 15.1 Å². The van der Waals surface area contributed by atoms with Crippen molar-refractivity contribution in [1.29, 1.82) is 0 Å². The van der Waals surface area contributed by atoms with E-state index in [2.05, 4.69) is 10.2 Å². The smallest absolute Gasteiger partial charge is 0.275 e. The minimum Gasteiger partial charge on any atom is -0.388 e. The van der Waals surface area contributed by atoms with Crippen LogP contribution in [0, 0.1) is 0 Å². The van der Waals surface area contributed by atoms with Crippen LogP contribution in [0.4, 0.5) is 0 Å². The molecule has 2 heterocycles. The highest BCUT2D eigenvalue weighted by Crippen LogP contribution is 2.24. The standard InChI is InChI=1S/C15H17N3O4/c1-15(22)6-7-18(8-11(15)19)14(21)12-9-4-2-3-5-10(9)13(20)17-16-12/h2-5,11,19,22H,6-8H2,1H3,(H,17,20)/t11-,15-/m0/s1. The van der Waals surface area contributed by atoms with Gasteiger partial charge in [0.25, 0.3) is 11.5 Å². The maximum Gasteiger partial charge on any atom is 0.275 e. The Bertz CT molecular complexity index is 784. The number of hydrogen-bond donors (Lipinski definition) is 3. The van der Waals surface area contributed by atoms with Crippen molar-refractivity contribution in [3.05, 3.63) is 40.3 Å². The zero-order valence-electron chi connectivity index (χ0n) is 12.1. The average Bonchev–Trinajstić information content (AvgIpc) is 2.50. The van der Waals surface area contributed by atoms with Gasteiger partial charge in [0.2, 0.25) is 0 Å². The zero-order chi connectivity index (χ0) is 15.9. The molecule has 0 unspecified atom stereocenters. The Labute approximate surface area is 126 Å². The van der Waals surface area contributed by atoms with Crippen LogP contribution >= 0.6 is 0 Å². The first-order chi connectivity index (χ1) is 10.4. The summed E-state index contributed by atoms with van der Waals surface area (Å²) in [4.78, 5) is 25.8. The van der Waals surface area contributed by atoms with Gasteiger partial charge in [-0.05, 0) is 19.4 Å². The fourth-order valence-electron chi connectivity index (χ4n) is 2.64. The summed E-state index contributed by atoms with van der Waals surface area (Å²) in [6.07, 6.45) is -0.736. The molecular formula is C15H17N3O4. The second-order valence-electron chi connectivity index (χ2n) is 5.82. The molecule has 0 saturated carbocycles. The number of likely N-dealkylation sites (tertiary alicyclic amines) is 1. The number of amides is 1. The predicted molar refractivity (Wildman–Crippen MR) is 79.5 cm³/mol. The second-order valence-corrected chi connectivity index (χ2v) is 5.82. The number of benzene rings is 1. The molecule has 1 aromatic carbocycles. The molecule has 2 aromatic rings. The molecule has 1 aliphatic rings. The van der Waals surface area contributed by atoms with Crippen LogP contribution in [-0.4, -0.2) is 56.0 Å². The number of H-pyrrole nitrogens is 1. The summed E-state index contributed by atoms with van der Waals surface area (Å²) in [6.45, 7) is 1.89. The highest BCUT2D eigenvalue weighted by Gasteiger charge is 2.38. The number of aromatic amines is 1. The van der Waals surface area contributed by atoms with Crippen LogP contribution in [0.2, 0.25) is 0 Å². The van der Waals surface area contributed by atoms with Crippen LogP contribution in [0.25, 0.3) is 10.8 Å². The van der Waals surface area contributed by atoms with Crippen molar-refractivity contribution >= 4 is 16.7 Å².